The molecular weight excluding hydrogens is 271 g/mol. The van der Waals surface area contributed by atoms with E-state index >= 15 is 0 Å². The van der Waals surface area contributed by atoms with Gasteiger partial charge in [-0.05, 0) is 48.6 Å². The minimum absolute atomic E-state index is 0.300. The van der Waals surface area contributed by atoms with E-state index in [-0.39, 0.29) is 5.82 Å². The Morgan fingerprint density at radius 3 is 2.78 bits per heavy atom. The summed E-state index contributed by atoms with van der Waals surface area (Å²) in [6, 6.07) is 11.7. The molecule has 2 aromatic carbocycles. The first-order valence-electron chi connectivity index (χ1n) is 5.31. The third-order valence-electron chi connectivity index (χ3n) is 2.71. The summed E-state index contributed by atoms with van der Waals surface area (Å²) in [6.07, 6.45) is 0. The van der Waals surface area contributed by atoms with Crippen molar-refractivity contribution in [2.75, 3.05) is 0 Å². The van der Waals surface area contributed by atoms with Crippen LogP contribution in [0.4, 0.5) is 4.39 Å². The minimum atomic E-state index is -0.300. The Hall–Kier alpha value is -1.65. The average molecular weight is 279 g/mol. The molecule has 0 spiro atoms. The number of halogens is 2. The molecule has 0 fully saturated rings. The van der Waals surface area contributed by atoms with Crippen LogP contribution in [0.2, 0.25) is 5.02 Å². The Kier molecular flexibility index (Phi) is 2.69. The van der Waals surface area contributed by atoms with Crippen LogP contribution in [0.25, 0.3) is 16.7 Å². The highest BCUT2D eigenvalue weighted by molar-refractivity contribution is 7.71. The molecule has 1 aromatic heterocycles. The van der Waals surface area contributed by atoms with Gasteiger partial charge in [0.2, 0.25) is 0 Å². The summed E-state index contributed by atoms with van der Waals surface area (Å²) in [6.45, 7) is 0. The minimum Gasteiger partial charge on any atom is -0.330 e. The van der Waals surface area contributed by atoms with E-state index in [1.807, 2.05) is 6.07 Å². The quantitative estimate of drug-likeness (QED) is 0.651. The standard InChI is InChI=1S/C13H8ClFN2S/c14-8-4-5-11-12(6-8)17(13(18)16-11)10-3-1-2-9(15)7-10/h1-7H,(H,16,18). The first kappa shape index (κ1) is 11.4. The molecule has 0 aliphatic carbocycles. The van der Waals surface area contributed by atoms with Crippen LogP contribution in [0.1, 0.15) is 0 Å². The highest BCUT2D eigenvalue weighted by Crippen LogP contribution is 2.23. The number of aromatic nitrogens is 2. The summed E-state index contributed by atoms with van der Waals surface area (Å²) in [5.41, 5.74) is 2.38. The van der Waals surface area contributed by atoms with Crippen LogP contribution in [0.3, 0.4) is 0 Å². The third-order valence-corrected chi connectivity index (χ3v) is 3.23. The van der Waals surface area contributed by atoms with Crippen molar-refractivity contribution in [1.29, 1.82) is 0 Å². The number of nitrogens with one attached hydrogen (secondary N) is 1. The molecule has 3 aromatic rings. The number of H-pyrrole nitrogens is 1. The van der Waals surface area contributed by atoms with E-state index in [4.69, 9.17) is 23.8 Å². The molecule has 0 unspecified atom stereocenters. The first-order chi connectivity index (χ1) is 8.65. The van der Waals surface area contributed by atoms with Crippen molar-refractivity contribution in [2.24, 2.45) is 0 Å². The van der Waals surface area contributed by atoms with Crippen LogP contribution in [-0.2, 0) is 0 Å². The maximum absolute atomic E-state index is 13.3. The van der Waals surface area contributed by atoms with Crippen molar-refractivity contribution in [1.82, 2.24) is 9.55 Å². The molecule has 18 heavy (non-hydrogen) atoms. The molecule has 0 saturated carbocycles. The lowest BCUT2D eigenvalue weighted by molar-refractivity contribution is 0.626. The fourth-order valence-corrected chi connectivity index (χ4v) is 2.43. The number of benzene rings is 2. The number of fused-ring (bicyclic) bond motifs is 1. The van der Waals surface area contributed by atoms with Gasteiger partial charge in [-0.25, -0.2) is 4.39 Å². The number of aromatic amines is 1. The molecule has 2 nitrogen and oxygen atoms in total. The van der Waals surface area contributed by atoms with Gasteiger partial charge in [-0.15, -0.1) is 0 Å². The molecule has 3 rings (SSSR count). The van der Waals surface area contributed by atoms with Crippen molar-refractivity contribution in [3.8, 4) is 5.69 Å². The molecule has 1 N–H and O–H groups in total. The number of hydrogen-bond donors (Lipinski definition) is 1. The van der Waals surface area contributed by atoms with Crippen molar-refractivity contribution < 1.29 is 4.39 Å². The monoisotopic (exact) mass is 278 g/mol. The second kappa shape index (κ2) is 4.23. The van der Waals surface area contributed by atoms with Crippen LogP contribution in [0, 0.1) is 10.6 Å². The van der Waals surface area contributed by atoms with Gasteiger partial charge in [0.25, 0.3) is 0 Å². The lowest BCUT2D eigenvalue weighted by atomic mass is 10.2. The predicted molar refractivity (Wildman–Crippen MR) is 73.4 cm³/mol. The normalized spacial score (nSPS) is 11.0. The zero-order chi connectivity index (χ0) is 12.7. The fraction of sp³-hybridized carbons (Fsp3) is 0. The molecule has 0 atom stereocenters. The van der Waals surface area contributed by atoms with Gasteiger partial charge in [-0.2, -0.15) is 0 Å². The number of hydrogen-bond acceptors (Lipinski definition) is 1. The van der Waals surface area contributed by atoms with E-state index in [0.29, 0.717) is 15.5 Å². The van der Waals surface area contributed by atoms with E-state index in [1.54, 1.807) is 28.8 Å². The molecule has 0 aliphatic rings. The van der Waals surface area contributed by atoms with Crippen LogP contribution in [0.15, 0.2) is 42.5 Å². The van der Waals surface area contributed by atoms with Crippen LogP contribution in [-0.4, -0.2) is 9.55 Å². The average Bonchev–Trinajstić information content (AvgIpc) is 2.64. The summed E-state index contributed by atoms with van der Waals surface area (Å²) < 4.78 is 15.6. The largest absolute Gasteiger partial charge is 0.330 e. The first-order valence-corrected chi connectivity index (χ1v) is 6.10. The Morgan fingerprint density at radius 2 is 2.00 bits per heavy atom. The smallest absolute Gasteiger partial charge is 0.182 e. The molecule has 90 valence electrons. The maximum Gasteiger partial charge on any atom is 0.182 e. The number of nitrogens with zero attached hydrogens (tertiary/aromatic N) is 1. The van der Waals surface area contributed by atoms with Gasteiger partial charge in [0.15, 0.2) is 4.77 Å². The summed E-state index contributed by atoms with van der Waals surface area (Å²) in [7, 11) is 0. The number of imidazole rings is 1. The lowest BCUT2D eigenvalue weighted by Crippen LogP contribution is -1.94. The maximum atomic E-state index is 13.3. The summed E-state index contributed by atoms with van der Waals surface area (Å²) in [5, 5.41) is 0.613. The van der Waals surface area contributed by atoms with Gasteiger partial charge >= 0.3 is 0 Å². The van der Waals surface area contributed by atoms with E-state index in [2.05, 4.69) is 4.98 Å². The molecule has 0 aliphatic heterocycles. The molecule has 0 radical (unpaired) electrons. The summed E-state index contributed by atoms with van der Waals surface area (Å²) in [4.78, 5) is 3.07. The molecule has 0 saturated heterocycles. The second-order valence-corrected chi connectivity index (χ2v) is 4.73. The van der Waals surface area contributed by atoms with Gasteiger partial charge in [-0.1, -0.05) is 17.7 Å². The topological polar surface area (TPSA) is 20.7 Å². The second-order valence-electron chi connectivity index (χ2n) is 3.91. The highest BCUT2D eigenvalue weighted by atomic mass is 35.5. The van der Waals surface area contributed by atoms with Gasteiger partial charge in [0.1, 0.15) is 5.82 Å². The van der Waals surface area contributed by atoms with Crippen LogP contribution < -0.4 is 0 Å². The summed E-state index contributed by atoms with van der Waals surface area (Å²) in [5.74, 6) is -0.300. The Balaban J connectivity index is 2.38. The van der Waals surface area contributed by atoms with E-state index < -0.39 is 0 Å². The number of rotatable bonds is 1. The van der Waals surface area contributed by atoms with Crippen LogP contribution >= 0.6 is 23.8 Å². The van der Waals surface area contributed by atoms with Crippen LogP contribution in [0.5, 0.6) is 0 Å². The zero-order valence-corrected chi connectivity index (χ0v) is 10.7. The lowest BCUT2D eigenvalue weighted by Gasteiger charge is -2.04. The van der Waals surface area contributed by atoms with Crippen molar-refractivity contribution in [3.63, 3.8) is 0 Å². The molecule has 5 heteroatoms. The van der Waals surface area contributed by atoms with E-state index in [0.717, 1.165) is 11.0 Å². The fourth-order valence-electron chi connectivity index (χ4n) is 1.95. The van der Waals surface area contributed by atoms with Crippen molar-refractivity contribution >= 4 is 34.9 Å². The van der Waals surface area contributed by atoms with Crippen molar-refractivity contribution in [3.05, 3.63) is 58.1 Å². The molecular formula is C13H8ClFN2S. The Bertz CT molecular complexity index is 791. The molecule has 0 amide bonds. The summed E-state index contributed by atoms with van der Waals surface area (Å²) >= 11 is 11.2. The van der Waals surface area contributed by atoms with E-state index in [9.17, 15) is 4.39 Å². The van der Waals surface area contributed by atoms with Gasteiger partial charge in [0.05, 0.1) is 16.7 Å². The molecule has 0 bridgehead atoms. The SMILES string of the molecule is Fc1cccc(-n2c(=S)[nH]c3ccc(Cl)cc32)c1. The Morgan fingerprint density at radius 1 is 1.17 bits per heavy atom. The van der Waals surface area contributed by atoms with E-state index in [1.165, 1.54) is 12.1 Å². The van der Waals surface area contributed by atoms with Gasteiger partial charge in [-0.3, -0.25) is 4.57 Å². The zero-order valence-electron chi connectivity index (χ0n) is 9.15. The van der Waals surface area contributed by atoms with Gasteiger partial charge < -0.3 is 4.98 Å². The predicted octanol–water partition coefficient (Wildman–Crippen LogP) is 4.48. The van der Waals surface area contributed by atoms with Gasteiger partial charge in [0, 0.05) is 5.02 Å². The third kappa shape index (κ3) is 1.83. The highest BCUT2D eigenvalue weighted by Gasteiger charge is 2.07. The van der Waals surface area contributed by atoms with Crippen molar-refractivity contribution in [2.45, 2.75) is 0 Å². The Labute approximate surface area is 113 Å². The molecule has 1 heterocycles.